The summed E-state index contributed by atoms with van der Waals surface area (Å²) in [5, 5.41) is 20.3. The largest absolute Gasteiger partial charge is 0.476 e. The van der Waals surface area contributed by atoms with Crippen LogP contribution in [0.4, 0.5) is 5.95 Å². The van der Waals surface area contributed by atoms with E-state index < -0.39 is 0 Å². The Kier molecular flexibility index (Phi) is 5.42. The second-order valence-corrected chi connectivity index (χ2v) is 7.06. The van der Waals surface area contributed by atoms with E-state index in [1.807, 2.05) is 48.1 Å². The minimum Gasteiger partial charge on any atom is -0.476 e. The van der Waals surface area contributed by atoms with Crippen LogP contribution in [0.3, 0.4) is 0 Å². The van der Waals surface area contributed by atoms with Gasteiger partial charge in [-0.25, -0.2) is 9.67 Å². The van der Waals surface area contributed by atoms with Gasteiger partial charge in [0.1, 0.15) is 0 Å². The number of hydrogen-bond donors (Lipinski definition) is 2. The summed E-state index contributed by atoms with van der Waals surface area (Å²) in [5.41, 5.74) is 3.68. The van der Waals surface area contributed by atoms with E-state index in [0.717, 1.165) is 16.8 Å². The smallest absolute Gasteiger partial charge is 0.252 e. The van der Waals surface area contributed by atoms with Gasteiger partial charge >= 0.3 is 0 Å². The van der Waals surface area contributed by atoms with E-state index in [2.05, 4.69) is 39.3 Å². The van der Waals surface area contributed by atoms with Crippen molar-refractivity contribution in [2.45, 2.75) is 33.2 Å². The van der Waals surface area contributed by atoms with Crippen LogP contribution in [0.25, 0.3) is 11.3 Å². The highest BCUT2D eigenvalue weighted by Crippen LogP contribution is 2.22. The van der Waals surface area contributed by atoms with Crippen LogP contribution in [0.15, 0.2) is 48.9 Å². The molecule has 0 aliphatic carbocycles. The van der Waals surface area contributed by atoms with Gasteiger partial charge in [-0.2, -0.15) is 19.7 Å². The van der Waals surface area contributed by atoms with Crippen molar-refractivity contribution in [2.75, 3.05) is 11.9 Å². The molecule has 0 fully saturated rings. The topological polar surface area (TPSA) is 106 Å². The van der Waals surface area contributed by atoms with Crippen molar-refractivity contribution >= 4 is 17.5 Å². The summed E-state index contributed by atoms with van der Waals surface area (Å²) >= 11 is 0. The monoisotopic (exact) mass is 404 g/mol. The van der Waals surface area contributed by atoms with Crippen LogP contribution in [0.2, 0.25) is 0 Å². The molecule has 4 aromatic rings. The van der Waals surface area contributed by atoms with Gasteiger partial charge in [-0.15, -0.1) is 0 Å². The second kappa shape index (κ2) is 8.32. The van der Waals surface area contributed by atoms with Crippen molar-refractivity contribution in [2.24, 2.45) is 0 Å². The number of rotatable bonds is 7. The highest BCUT2D eigenvalue weighted by atomic mass is 16.5. The van der Waals surface area contributed by atoms with Crippen molar-refractivity contribution in [1.29, 1.82) is 5.41 Å². The Bertz CT molecular complexity index is 1160. The molecular formula is C21H24N8O. The maximum Gasteiger partial charge on any atom is 0.252 e. The molecule has 0 bridgehead atoms. The SMILES string of the molecule is CCOC(=N)c1nc(NCc2ccccc2-n2cccn2)n2ncc(C(C)C)c2n1. The molecule has 4 rings (SSSR count). The van der Waals surface area contributed by atoms with Gasteiger partial charge in [-0.05, 0) is 30.5 Å². The van der Waals surface area contributed by atoms with Gasteiger partial charge in [0, 0.05) is 24.5 Å². The number of fused-ring (bicyclic) bond motifs is 1. The molecule has 0 spiro atoms. The predicted octanol–water partition coefficient (Wildman–Crippen LogP) is 3.41. The van der Waals surface area contributed by atoms with Crippen molar-refractivity contribution < 1.29 is 4.74 Å². The van der Waals surface area contributed by atoms with Crippen LogP contribution in [-0.2, 0) is 11.3 Å². The molecule has 2 N–H and O–H groups in total. The van der Waals surface area contributed by atoms with Crippen molar-refractivity contribution in [3.05, 3.63) is 65.9 Å². The highest BCUT2D eigenvalue weighted by Gasteiger charge is 2.18. The molecule has 9 heteroatoms. The quantitative estimate of drug-likeness (QED) is 0.361. The van der Waals surface area contributed by atoms with E-state index >= 15 is 0 Å². The molecule has 0 aliphatic rings. The van der Waals surface area contributed by atoms with Crippen molar-refractivity contribution in [3.63, 3.8) is 0 Å². The van der Waals surface area contributed by atoms with Gasteiger partial charge in [-0.1, -0.05) is 32.0 Å². The molecule has 0 amide bonds. The van der Waals surface area contributed by atoms with Gasteiger partial charge in [0.25, 0.3) is 5.90 Å². The number of benzene rings is 1. The molecular weight excluding hydrogens is 380 g/mol. The lowest BCUT2D eigenvalue weighted by Crippen LogP contribution is -2.16. The fourth-order valence-corrected chi connectivity index (χ4v) is 3.20. The maximum atomic E-state index is 8.14. The summed E-state index contributed by atoms with van der Waals surface area (Å²) in [4.78, 5) is 9.04. The Balaban J connectivity index is 1.72. The van der Waals surface area contributed by atoms with Gasteiger partial charge in [0.2, 0.25) is 11.8 Å². The molecule has 0 atom stereocenters. The zero-order valence-corrected chi connectivity index (χ0v) is 17.2. The van der Waals surface area contributed by atoms with Gasteiger partial charge in [0.05, 0.1) is 18.5 Å². The highest BCUT2D eigenvalue weighted by molar-refractivity contribution is 5.88. The number of para-hydroxylation sites is 1. The fraction of sp³-hybridized carbons (Fsp3) is 0.286. The molecule has 0 saturated carbocycles. The van der Waals surface area contributed by atoms with Crippen LogP contribution in [-0.4, -0.2) is 41.9 Å². The molecule has 0 aliphatic heterocycles. The first-order valence-corrected chi connectivity index (χ1v) is 9.87. The molecule has 9 nitrogen and oxygen atoms in total. The Morgan fingerprint density at radius 3 is 2.73 bits per heavy atom. The standard InChI is InChI=1S/C21H24N8O/c1-4-30-18(22)19-26-20-16(14(2)3)13-25-29(20)21(27-19)23-12-15-8-5-6-9-17(15)28-11-7-10-24-28/h5-11,13-14,22H,4,12H2,1-3H3,(H,23,26,27). The zero-order valence-electron chi connectivity index (χ0n) is 17.2. The van der Waals surface area contributed by atoms with Crippen LogP contribution in [0.1, 0.15) is 43.6 Å². The average Bonchev–Trinajstić information content (AvgIpc) is 3.42. The van der Waals surface area contributed by atoms with Gasteiger partial charge < -0.3 is 10.1 Å². The molecule has 0 radical (unpaired) electrons. The third-order valence-electron chi connectivity index (χ3n) is 4.69. The molecule has 3 aromatic heterocycles. The van der Waals surface area contributed by atoms with E-state index in [-0.39, 0.29) is 17.6 Å². The van der Waals surface area contributed by atoms with Crippen molar-refractivity contribution in [3.8, 4) is 5.69 Å². The number of nitrogens with one attached hydrogen (secondary N) is 2. The number of anilines is 1. The molecule has 1 aromatic carbocycles. The van der Waals surface area contributed by atoms with Crippen LogP contribution < -0.4 is 5.32 Å². The summed E-state index contributed by atoms with van der Waals surface area (Å²) in [6.07, 6.45) is 5.46. The lowest BCUT2D eigenvalue weighted by molar-refractivity contribution is 0.323. The van der Waals surface area contributed by atoms with E-state index in [1.54, 1.807) is 16.9 Å². The van der Waals surface area contributed by atoms with Crippen LogP contribution in [0.5, 0.6) is 0 Å². The summed E-state index contributed by atoms with van der Waals surface area (Å²) in [7, 11) is 0. The number of hydrogen-bond acceptors (Lipinski definition) is 7. The molecule has 30 heavy (non-hydrogen) atoms. The minimum atomic E-state index is -0.0594. The minimum absolute atomic E-state index is 0.0594. The Hall–Kier alpha value is -3.75. The lowest BCUT2D eigenvalue weighted by atomic mass is 10.1. The lowest BCUT2D eigenvalue weighted by Gasteiger charge is -2.13. The number of aromatic nitrogens is 6. The Morgan fingerprint density at radius 1 is 1.17 bits per heavy atom. The second-order valence-electron chi connectivity index (χ2n) is 7.06. The Labute approximate surface area is 174 Å². The maximum absolute atomic E-state index is 8.14. The molecule has 0 unspecified atom stereocenters. The van der Waals surface area contributed by atoms with Crippen LogP contribution in [0, 0.1) is 5.41 Å². The summed E-state index contributed by atoms with van der Waals surface area (Å²) in [6.45, 7) is 6.88. The zero-order chi connectivity index (χ0) is 21.1. The number of nitrogens with zero attached hydrogens (tertiary/aromatic N) is 6. The first-order valence-electron chi connectivity index (χ1n) is 9.87. The first-order chi connectivity index (χ1) is 14.6. The predicted molar refractivity (Wildman–Crippen MR) is 114 cm³/mol. The first kappa shape index (κ1) is 19.6. The third-order valence-corrected chi connectivity index (χ3v) is 4.69. The average molecular weight is 404 g/mol. The summed E-state index contributed by atoms with van der Waals surface area (Å²) in [5.74, 6) is 0.909. The molecule has 0 saturated heterocycles. The molecule has 154 valence electrons. The normalized spacial score (nSPS) is 11.2. The molecule has 3 heterocycles. The Morgan fingerprint density at radius 2 is 2.00 bits per heavy atom. The van der Waals surface area contributed by atoms with E-state index in [1.165, 1.54) is 0 Å². The third kappa shape index (κ3) is 3.73. The summed E-state index contributed by atoms with van der Waals surface area (Å²) < 4.78 is 8.83. The van der Waals surface area contributed by atoms with Crippen molar-refractivity contribution in [1.82, 2.24) is 29.4 Å². The van der Waals surface area contributed by atoms with Crippen LogP contribution >= 0.6 is 0 Å². The van der Waals surface area contributed by atoms with E-state index in [4.69, 9.17) is 10.1 Å². The summed E-state index contributed by atoms with van der Waals surface area (Å²) in [6, 6.07) is 9.91. The van der Waals surface area contributed by atoms with Gasteiger partial charge in [0.15, 0.2) is 5.65 Å². The van der Waals surface area contributed by atoms with E-state index in [0.29, 0.717) is 24.7 Å². The number of ether oxygens (including phenoxy) is 1. The van der Waals surface area contributed by atoms with Gasteiger partial charge in [-0.3, -0.25) is 5.41 Å². The van der Waals surface area contributed by atoms with E-state index in [9.17, 15) is 0 Å². The fourth-order valence-electron chi connectivity index (χ4n) is 3.20.